The van der Waals surface area contributed by atoms with Crippen molar-refractivity contribution in [3.8, 4) is 56.3 Å². The quantitative estimate of drug-likeness (QED) is 0.0896. The smallest absolute Gasteiger partial charge is 0.399 e. The highest BCUT2D eigenvalue weighted by molar-refractivity contribution is 9.10. The number of fused-ring (bicyclic) bond motifs is 3. The number of rotatable bonds is 7. The van der Waals surface area contributed by atoms with Gasteiger partial charge in [0.25, 0.3) is 11.8 Å². The summed E-state index contributed by atoms with van der Waals surface area (Å²) < 4.78 is 69.6. The minimum Gasteiger partial charge on any atom is -0.399 e. The zero-order chi connectivity index (χ0) is 63.8. The molecule has 0 unspecified atom stereocenters. The maximum Gasteiger partial charge on any atom is 0.496 e. The number of alkyl halides is 4. The first-order chi connectivity index (χ1) is 43.8. The van der Waals surface area contributed by atoms with Gasteiger partial charge in [-0.05, 0) is 166 Å². The lowest BCUT2D eigenvalue weighted by Crippen LogP contribution is -2.43. The minimum atomic E-state index is -2.66. The topological polar surface area (TPSA) is 202 Å². The Morgan fingerprint density at radius 3 is 1.35 bits per heavy atom. The predicted molar refractivity (Wildman–Crippen MR) is 360 cm³/mol. The van der Waals surface area contributed by atoms with Gasteiger partial charge in [0.05, 0.1) is 71.4 Å². The summed E-state index contributed by atoms with van der Waals surface area (Å²) in [7, 11) is -0.366. The second-order valence-corrected chi connectivity index (χ2v) is 23.9. The van der Waals surface area contributed by atoms with Crippen LogP contribution in [0.2, 0.25) is 10.3 Å². The number of halogens is 7. The van der Waals surface area contributed by atoms with Gasteiger partial charge in [-0.2, -0.15) is 15.3 Å². The summed E-state index contributed by atoms with van der Waals surface area (Å²) in [6.45, 7) is 9.02. The Balaban J connectivity index is 0.000000143. The third-order valence-corrected chi connectivity index (χ3v) is 16.3. The number of hydrogen-bond donors (Lipinski definition) is 1. The molecule has 19 nitrogen and oxygen atoms in total. The number of aromatic nitrogens is 15. The fourth-order valence-electron chi connectivity index (χ4n) is 9.77. The maximum atomic E-state index is 13.7. The molecule has 15 heterocycles. The monoisotopic (exact) mass is 1370 g/mol. The lowest BCUT2D eigenvalue weighted by atomic mass is 9.80. The SMILES string of the molecule is Brc1cnc2ccc(-c3ccncc3)nn12.C.C.CC1(C)OB(c2ccc(Cl)nc2)OC1(C)C.Clc1ccc(-c2cnc3ccc(-c4ccncc4)nn23)cn1.FC1(F)CCCN(c2ccc(-c3cnc4ccc(-c5ccncc5)nn34)cn2)C1.FC1(F)CCCNC1. The van der Waals surface area contributed by atoms with Crippen LogP contribution in [-0.4, -0.2) is 130 Å². The van der Waals surface area contributed by atoms with Crippen molar-refractivity contribution in [1.82, 2.24) is 79.0 Å². The molecular formula is C66H67BBrCl2F4N17O2. The van der Waals surface area contributed by atoms with Crippen LogP contribution < -0.4 is 15.7 Å². The molecule has 3 aliphatic heterocycles. The third kappa shape index (κ3) is 16.9. The van der Waals surface area contributed by atoms with E-state index in [1.54, 1.807) is 111 Å². The first-order valence-electron chi connectivity index (χ1n) is 28.9. The van der Waals surface area contributed by atoms with Crippen LogP contribution in [0.25, 0.3) is 73.2 Å². The summed E-state index contributed by atoms with van der Waals surface area (Å²) in [4.78, 5) is 39.2. The summed E-state index contributed by atoms with van der Waals surface area (Å²) in [5.41, 5.74) is 11.5. The Labute approximate surface area is 554 Å². The Kier molecular flexibility index (Phi) is 22.1. The number of imidazole rings is 3. The summed E-state index contributed by atoms with van der Waals surface area (Å²) >= 11 is 15.0. The van der Waals surface area contributed by atoms with Gasteiger partial charge >= 0.3 is 7.12 Å². The summed E-state index contributed by atoms with van der Waals surface area (Å²) in [6.07, 6.45) is 21.9. The molecule has 12 aromatic rings. The van der Waals surface area contributed by atoms with Crippen LogP contribution in [0.4, 0.5) is 23.4 Å². The molecule has 12 aromatic heterocycles. The van der Waals surface area contributed by atoms with Gasteiger partial charge in [-0.15, -0.1) is 0 Å². The summed E-state index contributed by atoms with van der Waals surface area (Å²) in [5, 5.41) is 17.4. The summed E-state index contributed by atoms with van der Waals surface area (Å²) in [6, 6.07) is 34.0. The molecule has 3 saturated heterocycles. The van der Waals surface area contributed by atoms with Crippen molar-refractivity contribution in [3.63, 3.8) is 0 Å². The highest BCUT2D eigenvalue weighted by Crippen LogP contribution is 2.37. The largest absolute Gasteiger partial charge is 0.496 e. The molecule has 1 N–H and O–H groups in total. The van der Waals surface area contributed by atoms with E-state index in [0.29, 0.717) is 35.5 Å². The third-order valence-electron chi connectivity index (χ3n) is 15.3. The van der Waals surface area contributed by atoms with Crippen molar-refractivity contribution in [2.24, 2.45) is 0 Å². The predicted octanol–water partition coefficient (Wildman–Crippen LogP) is 14.5. The zero-order valence-electron chi connectivity index (χ0n) is 49.7. The van der Waals surface area contributed by atoms with E-state index in [4.69, 9.17) is 37.6 Å². The van der Waals surface area contributed by atoms with Gasteiger partial charge in [-0.3, -0.25) is 15.0 Å². The lowest BCUT2D eigenvalue weighted by Gasteiger charge is -2.33. The molecule has 0 saturated carbocycles. The van der Waals surface area contributed by atoms with E-state index < -0.39 is 11.8 Å². The molecule has 0 amide bonds. The van der Waals surface area contributed by atoms with Gasteiger partial charge in [0.2, 0.25) is 0 Å². The van der Waals surface area contributed by atoms with Crippen molar-refractivity contribution in [1.29, 1.82) is 0 Å². The summed E-state index contributed by atoms with van der Waals surface area (Å²) in [5.74, 6) is -4.53. The molecule has 15 rings (SSSR count). The van der Waals surface area contributed by atoms with Crippen LogP contribution >= 0.6 is 39.1 Å². The standard InChI is InChI=1S/C21H18F2N6.C16H10ClN5.C11H15BClNO2.C11H7BrN4.C5H9F2N.2CH4/c22-21(23)8-1-11-28(14-21)19-4-2-16(12-25-19)18-13-26-20-5-3-17(27-29(18)20)15-6-9-24-10-7-15;17-15-3-1-12(9-19-15)14-10-20-16-4-2-13(21-22(14)16)11-5-7-18-8-6-11;1-10(2)11(3,4)16-12(15-10)8-5-6-9(13)14-7-8;12-10-7-14-11-2-1-9(15-16(10)11)8-3-5-13-6-4-8;6-5(7)2-1-3-8-4-5;;/h2-7,9-10,12-13H,1,8,11,14H2;1-10H;5-7H,1-4H3;1-7H;8H,1-4H2;2*1H4. The maximum absolute atomic E-state index is 13.7. The molecule has 0 aliphatic carbocycles. The number of hydrogen-bond acceptors (Lipinski definition) is 16. The van der Waals surface area contributed by atoms with Gasteiger partial charge in [0.1, 0.15) is 20.7 Å². The van der Waals surface area contributed by atoms with Crippen LogP contribution in [0.5, 0.6) is 0 Å². The minimum absolute atomic E-state index is 0. The van der Waals surface area contributed by atoms with Crippen molar-refractivity contribution < 1.29 is 26.9 Å². The average Bonchev–Trinajstić information content (AvgIpc) is 1.72. The highest BCUT2D eigenvalue weighted by Gasteiger charge is 2.52. The van der Waals surface area contributed by atoms with E-state index in [1.165, 1.54) is 0 Å². The van der Waals surface area contributed by atoms with E-state index in [2.05, 4.69) is 76.3 Å². The fraction of sp³-hybridized carbons (Fsp3) is 0.273. The van der Waals surface area contributed by atoms with Crippen molar-refractivity contribution in [2.45, 2.75) is 91.3 Å². The molecule has 3 aliphatic rings. The average molecular weight is 1370 g/mol. The molecule has 27 heteroatoms. The van der Waals surface area contributed by atoms with Crippen LogP contribution in [0, 0.1) is 0 Å². The van der Waals surface area contributed by atoms with Gasteiger partial charge in [0.15, 0.2) is 16.9 Å². The van der Waals surface area contributed by atoms with Crippen LogP contribution in [0.3, 0.4) is 0 Å². The van der Waals surface area contributed by atoms with Crippen molar-refractivity contribution in [2.75, 3.05) is 31.1 Å². The van der Waals surface area contributed by atoms with E-state index in [1.807, 2.05) is 119 Å². The van der Waals surface area contributed by atoms with Gasteiger partial charge in [-0.25, -0.2) is 61.0 Å². The number of nitrogens with zero attached hydrogens (tertiary/aromatic N) is 16. The molecule has 480 valence electrons. The Bertz CT molecular complexity index is 4350. The number of pyridine rings is 6. The van der Waals surface area contributed by atoms with E-state index in [9.17, 15) is 17.6 Å². The lowest BCUT2D eigenvalue weighted by molar-refractivity contribution is -0.0208. The number of piperidine rings is 2. The molecule has 3 fully saturated rings. The number of anilines is 1. The second kappa shape index (κ2) is 29.9. The Hall–Kier alpha value is -8.72. The van der Waals surface area contributed by atoms with Crippen LogP contribution in [0.1, 0.15) is 68.2 Å². The fourth-order valence-corrected chi connectivity index (χ4v) is 10.4. The van der Waals surface area contributed by atoms with Crippen molar-refractivity contribution >= 4 is 74.5 Å². The molecule has 0 bridgehead atoms. The van der Waals surface area contributed by atoms with Gasteiger partial charge < -0.3 is 19.5 Å². The van der Waals surface area contributed by atoms with E-state index in [0.717, 1.165) is 89.8 Å². The normalized spacial score (nSPS) is 15.8. The molecule has 0 atom stereocenters. The highest BCUT2D eigenvalue weighted by atomic mass is 79.9. The van der Waals surface area contributed by atoms with Gasteiger partial charge in [-0.1, -0.05) is 44.1 Å². The molecule has 93 heavy (non-hydrogen) atoms. The first kappa shape index (κ1) is 68.6. The van der Waals surface area contributed by atoms with Crippen molar-refractivity contribution in [3.05, 3.63) is 198 Å². The first-order valence-corrected chi connectivity index (χ1v) is 30.5. The van der Waals surface area contributed by atoms with E-state index in [-0.39, 0.29) is 59.1 Å². The molecule has 0 radical (unpaired) electrons. The molecular weight excluding hydrogens is 1300 g/mol. The number of nitrogens with one attached hydrogen (secondary N) is 1. The van der Waals surface area contributed by atoms with Crippen LogP contribution in [-0.2, 0) is 9.31 Å². The molecule has 0 spiro atoms. The second-order valence-electron chi connectivity index (χ2n) is 22.3. The Morgan fingerprint density at radius 2 is 0.935 bits per heavy atom. The Morgan fingerprint density at radius 1 is 0.484 bits per heavy atom. The van der Waals surface area contributed by atoms with Gasteiger partial charge in [0, 0.05) is 108 Å². The van der Waals surface area contributed by atoms with E-state index >= 15 is 0 Å². The zero-order valence-corrected chi connectivity index (χ0v) is 52.8. The molecule has 0 aromatic carbocycles. The van der Waals surface area contributed by atoms with Crippen LogP contribution in [0.15, 0.2) is 188 Å².